The fourth-order valence-corrected chi connectivity index (χ4v) is 2.88. The van der Waals surface area contributed by atoms with Gasteiger partial charge in [-0.3, -0.25) is 4.79 Å². The molecule has 1 aliphatic carbocycles. The van der Waals surface area contributed by atoms with Crippen molar-refractivity contribution in [1.29, 1.82) is 0 Å². The number of anilines is 1. The van der Waals surface area contributed by atoms with E-state index in [1.54, 1.807) is 6.20 Å². The normalized spacial score (nSPS) is 19.9. The number of hydrogen-bond donors (Lipinski definition) is 0. The zero-order chi connectivity index (χ0) is 14.1. The Balaban J connectivity index is 1.68. The first-order chi connectivity index (χ1) is 9.65. The van der Waals surface area contributed by atoms with E-state index in [1.165, 1.54) is 6.07 Å². The summed E-state index contributed by atoms with van der Waals surface area (Å²) in [5.41, 5.74) is 0. The van der Waals surface area contributed by atoms with Crippen LogP contribution in [-0.4, -0.2) is 42.0 Å². The summed E-state index contributed by atoms with van der Waals surface area (Å²) in [7, 11) is 0. The molecule has 2 aliphatic rings. The van der Waals surface area contributed by atoms with Gasteiger partial charge in [-0.2, -0.15) is 0 Å². The molecule has 1 saturated heterocycles. The summed E-state index contributed by atoms with van der Waals surface area (Å²) in [5.74, 6) is 0.593. The molecule has 6 heteroatoms. The maximum atomic E-state index is 13.9. The van der Waals surface area contributed by atoms with Gasteiger partial charge in [-0.05, 0) is 41.3 Å². The number of rotatable bonds is 2. The summed E-state index contributed by atoms with van der Waals surface area (Å²) in [5, 5.41) is 0. The van der Waals surface area contributed by atoms with Crippen LogP contribution in [0.15, 0.2) is 16.7 Å². The third kappa shape index (κ3) is 2.95. The van der Waals surface area contributed by atoms with E-state index in [0.29, 0.717) is 23.4 Å². The van der Waals surface area contributed by atoms with E-state index in [-0.39, 0.29) is 17.6 Å². The Morgan fingerprint density at radius 1 is 1.30 bits per heavy atom. The molecule has 0 bridgehead atoms. The summed E-state index contributed by atoms with van der Waals surface area (Å²) >= 11 is 3.21. The van der Waals surface area contributed by atoms with Crippen LogP contribution in [0.1, 0.15) is 19.3 Å². The van der Waals surface area contributed by atoms with Gasteiger partial charge in [0.1, 0.15) is 0 Å². The van der Waals surface area contributed by atoms with Gasteiger partial charge in [0.15, 0.2) is 11.6 Å². The highest BCUT2D eigenvalue weighted by Crippen LogP contribution is 2.31. The fourth-order valence-electron chi connectivity index (χ4n) is 2.58. The number of amides is 1. The van der Waals surface area contributed by atoms with Gasteiger partial charge in [0, 0.05) is 42.8 Å². The lowest BCUT2D eigenvalue weighted by molar-refractivity contribution is -0.132. The smallest absolute Gasteiger partial charge is 0.225 e. The van der Waals surface area contributed by atoms with Crippen molar-refractivity contribution in [1.82, 2.24) is 9.88 Å². The zero-order valence-corrected chi connectivity index (χ0v) is 12.8. The lowest BCUT2D eigenvalue weighted by Gasteiger charge is -2.23. The third-order valence-electron chi connectivity index (χ3n) is 3.82. The Bertz CT molecular complexity index is 521. The molecule has 108 valence electrons. The Hall–Kier alpha value is -1.17. The molecule has 20 heavy (non-hydrogen) atoms. The van der Waals surface area contributed by atoms with Gasteiger partial charge in [0.25, 0.3) is 0 Å². The average molecular weight is 342 g/mol. The van der Waals surface area contributed by atoms with Crippen LogP contribution in [-0.2, 0) is 4.79 Å². The molecule has 2 fully saturated rings. The average Bonchev–Trinajstić information content (AvgIpc) is 3.25. The van der Waals surface area contributed by atoms with E-state index in [4.69, 9.17) is 0 Å². The molecule has 0 radical (unpaired) electrons. The van der Waals surface area contributed by atoms with Crippen molar-refractivity contribution in [3.8, 4) is 0 Å². The Labute approximate surface area is 126 Å². The number of aromatic nitrogens is 1. The second-order valence-electron chi connectivity index (χ2n) is 5.40. The zero-order valence-electron chi connectivity index (χ0n) is 11.2. The van der Waals surface area contributed by atoms with Gasteiger partial charge >= 0.3 is 0 Å². The van der Waals surface area contributed by atoms with Crippen molar-refractivity contribution in [2.75, 3.05) is 31.1 Å². The quantitative estimate of drug-likeness (QED) is 0.828. The van der Waals surface area contributed by atoms with Gasteiger partial charge < -0.3 is 9.80 Å². The fraction of sp³-hybridized carbons (Fsp3) is 0.571. The minimum atomic E-state index is -0.318. The molecule has 1 aliphatic heterocycles. The van der Waals surface area contributed by atoms with Crippen molar-refractivity contribution in [2.45, 2.75) is 19.3 Å². The van der Waals surface area contributed by atoms with Crippen LogP contribution < -0.4 is 4.90 Å². The highest BCUT2D eigenvalue weighted by Gasteiger charge is 2.34. The number of carbonyl (C=O) groups is 1. The molecule has 2 heterocycles. The summed E-state index contributed by atoms with van der Waals surface area (Å²) < 4.78 is 14.6. The standard InChI is InChI=1S/C14H17BrFN3O/c15-11-8-12(16)13(17-9-11)18-4-1-5-19(7-6-18)14(20)10-2-3-10/h8-10H,1-7H2. The largest absolute Gasteiger partial charge is 0.352 e. The van der Waals surface area contributed by atoms with Crippen LogP contribution in [0.25, 0.3) is 0 Å². The van der Waals surface area contributed by atoms with E-state index < -0.39 is 0 Å². The van der Waals surface area contributed by atoms with Crippen LogP contribution in [0.2, 0.25) is 0 Å². The highest BCUT2D eigenvalue weighted by molar-refractivity contribution is 9.10. The molecule has 1 aromatic heterocycles. The predicted molar refractivity (Wildman–Crippen MR) is 78.0 cm³/mol. The second kappa shape index (κ2) is 5.68. The van der Waals surface area contributed by atoms with Crippen LogP contribution in [0, 0.1) is 11.7 Å². The maximum absolute atomic E-state index is 13.9. The number of pyridine rings is 1. The molecule has 0 spiro atoms. The monoisotopic (exact) mass is 341 g/mol. The second-order valence-corrected chi connectivity index (χ2v) is 6.31. The van der Waals surface area contributed by atoms with Gasteiger partial charge in [0.2, 0.25) is 5.91 Å². The van der Waals surface area contributed by atoms with E-state index in [0.717, 1.165) is 32.4 Å². The lowest BCUT2D eigenvalue weighted by Crippen LogP contribution is -2.36. The van der Waals surface area contributed by atoms with Crippen molar-refractivity contribution in [3.63, 3.8) is 0 Å². The molecule has 0 aromatic carbocycles. The van der Waals surface area contributed by atoms with E-state index in [2.05, 4.69) is 20.9 Å². The number of hydrogen-bond acceptors (Lipinski definition) is 3. The topological polar surface area (TPSA) is 36.4 Å². The molecule has 1 aromatic rings. The molecule has 3 rings (SSSR count). The SMILES string of the molecule is O=C(C1CC1)N1CCCN(c2ncc(Br)cc2F)CC1. The first kappa shape index (κ1) is 13.8. The predicted octanol–water partition coefficient (Wildman–Crippen LogP) is 2.43. The minimum absolute atomic E-state index is 0.254. The van der Waals surface area contributed by atoms with Gasteiger partial charge in [-0.1, -0.05) is 0 Å². The van der Waals surface area contributed by atoms with Crippen LogP contribution in [0.4, 0.5) is 10.2 Å². The lowest BCUT2D eigenvalue weighted by atomic mass is 10.3. The van der Waals surface area contributed by atoms with Gasteiger partial charge in [-0.15, -0.1) is 0 Å². The van der Waals surface area contributed by atoms with E-state index >= 15 is 0 Å². The summed E-state index contributed by atoms with van der Waals surface area (Å²) in [6.45, 7) is 2.81. The molecule has 1 amide bonds. The summed E-state index contributed by atoms with van der Waals surface area (Å²) in [6.07, 6.45) is 4.52. The van der Waals surface area contributed by atoms with Crippen molar-refractivity contribution in [3.05, 3.63) is 22.6 Å². The first-order valence-corrected chi connectivity index (χ1v) is 7.79. The minimum Gasteiger partial charge on any atom is -0.352 e. The van der Waals surface area contributed by atoms with E-state index in [1.807, 2.05) is 9.80 Å². The molecular formula is C14H17BrFN3O. The van der Waals surface area contributed by atoms with E-state index in [9.17, 15) is 9.18 Å². The molecular weight excluding hydrogens is 325 g/mol. The molecule has 0 atom stereocenters. The van der Waals surface area contributed by atoms with Gasteiger partial charge in [0.05, 0.1) is 0 Å². The van der Waals surface area contributed by atoms with Crippen LogP contribution in [0.5, 0.6) is 0 Å². The summed E-state index contributed by atoms with van der Waals surface area (Å²) in [4.78, 5) is 20.1. The molecule has 0 N–H and O–H groups in total. The van der Waals surface area contributed by atoms with Crippen molar-refractivity contribution >= 4 is 27.7 Å². The number of carbonyl (C=O) groups excluding carboxylic acids is 1. The van der Waals surface area contributed by atoms with Crippen LogP contribution in [0.3, 0.4) is 0 Å². The Kier molecular flexibility index (Phi) is 3.92. The van der Waals surface area contributed by atoms with Crippen molar-refractivity contribution < 1.29 is 9.18 Å². The number of halogens is 2. The molecule has 4 nitrogen and oxygen atoms in total. The van der Waals surface area contributed by atoms with Gasteiger partial charge in [-0.25, -0.2) is 9.37 Å². The highest BCUT2D eigenvalue weighted by atomic mass is 79.9. The first-order valence-electron chi connectivity index (χ1n) is 7.00. The Morgan fingerprint density at radius 2 is 2.10 bits per heavy atom. The third-order valence-corrected chi connectivity index (χ3v) is 4.26. The van der Waals surface area contributed by atoms with Crippen molar-refractivity contribution in [2.24, 2.45) is 5.92 Å². The molecule has 1 saturated carbocycles. The summed E-state index contributed by atoms with van der Waals surface area (Å²) in [6, 6.07) is 1.43. The number of nitrogens with zero attached hydrogens (tertiary/aromatic N) is 3. The maximum Gasteiger partial charge on any atom is 0.225 e. The Morgan fingerprint density at radius 3 is 2.80 bits per heavy atom. The molecule has 0 unspecified atom stereocenters. The van der Waals surface area contributed by atoms with Crippen LogP contribution >= 0.6 is 15.9 Å².